The van der Waals surface area contributed by atoms with Gasteiger partial charge in [-0.15, -0.1) is 0 Å². The minimum Gasteiger partial charge on any atom is -0.384 e. The minimum absolute atomic E-state index is 0.0334. The van der Waals surface area contributed by atoms with Crippen LogP contribution in [0.5, 0.6) is 0 Å². The summed E-state index contributed by atoms with van der Waals surface area (Å²) in [5.41, 5.74) is 7.85. The number of hydrogen-bond donors (Lipinski definition) is 1. The maximum absolute atomic E-state index is 12.0. The molecule has 2 aromatic rings. The standard InChI is InChI=1S/C18H21NO2/c1-21-13-17(15-10-6-3-7-11-15)16(18(19)20)12-14-8-4-2-5-9-14/h2-11,16-17H,12-13H2,1H3,(H2,19,20)/t16?,17-/m1/s1. The predicted octanol–water partition coefficient (Wildman–Crippen LogP) is 2.76. The normalized spacial score (nSPS) is 13.6. The van der Waals surface area contributed by atoms with Gasteiger partial charge in [0.15, 0.2) is 0 Å². The molecule has 0 aliphatic carbocycles. The fourth-order valence-electron chi connectivity index (χ4n) is 2.63. The maximum atomic E-state index is 12.0. The zero-order valence-corrected chi connectivity index (χ0v) is 12.2. The molecule has 0 fully saturated rings. The van der Waals surface area contributed by atoms with E-state index in [4.69, 9.17) is 10.5 Å². The average Bonchev–Trinajstić information content (AvgIpc) is 2.52. The highest BCUT2D eigenvalue weighted by Gasteiger charge is 2.28. The number of primary amides is 1. The lowest BCUT2D eigenvalue weighted by Gasteiger charge is -2.25. The van der Waals surface area contributed by atoms with Gasteiger partial charge in [-0.2, -0.15) is 0 Å². The molecule has 0 radical (unpaired) electrons. The van der Waals surface area contributed by atoms with E-state index >= 15 is 0 Å². The second kappa shape index (κ2) is 7.60. The third-order valence-corrected chi connectivity index (χ3v) is 3.72. The van der Waals surface area contributed by atoms with Crippen LogP contribution in [0, 0.1) is 5.92 Å². The van der Waals surface area contributed by atoms with Crippen LogP contribution in [-0.2, 0) is 16.0 Å². The highest BCUT2D eigenvalue weighted by Crippen LogP contribution is 2.28. The largest absolute Gasteiger partial charge is 0.384 e. The maximum Gasteiger partial charge on any atom is 0.221 e. The van der Waals surface area contributed by atoms with Crippen molar-refractivity contribution < 1.29 is 9.53 Å². The van der Waals surface area contributed by atoms with Crippen LogP contribution in [-0.4, -0.2) is 19.6 Å². The fraction of sp³-hybridized carbons (Fsp3) is 0.278. The van der Waals surface area contributed by atoms with Crippen LogP contribution in [0.1, 0.15) is 17.0 Å². The Hall–Kier alpha value is -2.13. The Morgan fingerprint density at radius 2 is 1.62 bits per heavy atom. The third kappa shape index (κ3) is 4.17. The molecule has 0 aromatic heterocycles. The predicted molar refractivity (Wildman–Crippen MR) is 83.9 cm³/mol. The molecule has 1 amide bonds. The van der Waals surface area contributed by atoms with E-state index in [1.807, 2.05) is 60.7 Å². The Labute approximate surface area is 125 Å². The van der Waals surface area contributed by atoms with Gasteiger partial charge in [-0.1, -0.05) is 60.7 Å². The highest BCUT2D eigenvalue weighted by atomic mass is 16.5. The lowest BCUT2D eigenvalue weighted by Crippen LogP contribution is -2.32. The van der Waals surface area contributed by atoms with Gasteiger partial charge in [0.25, 0.3) is 0 Å². The molecule has 2 aromatic carbocycles. The van der Waals surface area contributed by atoms with Crippen molar-refractivity contribution in [1.29, 1.82) is 0 Å². The van der Waals surface area contributed by atoms with Gasteiger partial charge in [0.05, 0.1) is 12.5 Å². The molecule has 2 atom stereocenters. The molecule has 0 bridgehead atoms. The number of ether oxygens (including phenoxy) is 1. The summed E-state index contributed by atoms with van der Waals surface area (Å²) < 4.78 is 5.32. The van der Waals surface area contributed by atoms with Crippen molar-refractivity contribution >= 4 is 5.91 Å². The lowest BCUT2D eigenvalue weighted by molar-refractivity contribution is -0.123. The highest BCUT2D eigenvalue weighted by molar-refractivity contribution is 5.78. The van der Waals surface area contributed by atoms with E-state index in [-0.39, 0.29) is 17.7 Å². The fourth-order valence-corrected chi connectivity index (χ4v) is 2.63. The van der Waals surface area contributed by atoms with E-state index in [9.17, 15) is 4.79 Å². The molecule has 0 heterocycles. The van der Waals surface area contributed by atoms with Crippen LogP contribution in [0.4, 0.5) is 0 Å². The molecular weight excluding hydrogens is 262 g/mol. The summed E-state index contributed by atoms with van der Waals surface area (Å²) in [5, 5.41) is 0. The minimum atomic E-state index is -0.287. The number of rotatable bonds is 7. The van der Waals surface area contributed by atoms with Gasteiger partial charge in [0.1, 0.15) is 0 Å². The second-order valence-corrected chi connectivity index (χ2v) is 5.17. The molecule has 3 heteroatoms. The first-order chi connectivity index (χ1) is 10.2. The Balaban J connectivity index is 2.27. The zero-order chi connectivity index (χ0) is 15.1. The summed E-state index contributed by atoms with van der Waals surface area (Å²) in [4.78, 5) is 12.0. The number of benzene rings is 2. The van der Waals surface area contributed by atoms with Gasteiger partial charge in [-0.25, -0.2) is 0 Å². The number of hydrogen-bond acceptors (Lipinski definition) is 2. The molecule has 2 rings (SSSR count). The number of carbonyl (C=O) groups is 1. The van der Waals surface area contributed by atoms with E-state index in [0.717, 1.165) is 11.1 Å². The summed E-state index contributed by atoms with van der Waals surface area (Å²) >= 11 is 0. The van der Waals surface area contributed by atoms with Crippen molar-refractivity contribution in [3.8, 4) is 0 Å². The van der Waals surface area contributed by atoms with Crippen LogP contribution in [0.2, 0.25) is 0 Å². The first-order valence-electron chi connectivity index (χ1n) is 7.09. The Morgan fingerprint density at radius 3 is 2.14 bits per heavy atom. The molecule has 0 saturated carbocycles. The molecule has 0 aliphatic heterocycles. The molecule has 0 saturated heterocycles. The van der Waals surface area contributed by atoms with Crippen LogP contribution in [0.15, 0.2) is 60.7 Å². The second-order valence-electron chi connectivity index (χ2n) is 5.17. The molecular formula is C18H21NO2. The Morgan fingerprint density at radius 1 is 1.05 bits per heavy atom. The van der Waals surface area contributed by atoms with Crippen LogP contribution >= 0.6 is 0 Å². The Kier molecular flexibility index (Phi) is 5.52. The van der Waals surface area contributed by atoms with E-state index < -0.39 is 0 Å². The van der Waals surface area contributed by atoms with Crippen LogP contribution in [0.3, 0.4) is 0 Å². The van der Waals surface area contributed by atoms with Gasteiger partial charge >= 0.3 is 0 Å². The molecule has 3 nitrogen and oxygen atoms in total. The molecule has 110 valence electrons. The van der Waals surface area contributed by atoms with Crippen molar-refractivity contribution in [3.63, 3.8) is 0 Å². The molecule has 0 aliphatic rings. The third-order valence-electron chi connectivity index (χ3n) is 3.72. The monoisotopic (exact) mass is 283 g/mol. The van der Waals surface area contributed by atoms with Gasteiger partial charge in [-0.05, 0) is 17.5 Å². The number of amides is 1. The van der Waals surface area contributed by atoms with Gasteiger partial charge in [-0.3, -0.25) is 4.79 Å². The summed E-state index contributed by atoms with van der Waals surface area (Å²) in [5.74, 6) is -0.603. The van der Waals surface area contributed by atoms with Crippen molar-refractivity contribution in [2.45, 2.75) is 12.3 Å². The first kappa shape index (κ1) is 15.3. The van der Waals surface area contributed by atoms with Crippen molar-refractivity contribution in [1.82, 2.24) is 0 Å². The summed E-state index contributed by atoms with van der Waals surface area (Å²) in [6.45, 7) is 0.477. The van der Waals surface area contributed by atoms with E-state index in [1.165, 1.54) is 0 Å². The average molecular weight is 283 g/mol. The van der Waals surface area contributed by atoms with Crippen molar-refractivity contribution in [2.75, 3.05) is 13.7 Å². The van der Waals surface area contributed by atoms with E-state index in [1.54, 1.807) is 7.11 Å². The number of nitrogens with two attached hydrogens (primary N) is 1. The van der Waals surface area contributed by atoms with Gasteiger partial charge in [0, 0.05) is 13.0 Å². The quantitative estimate of drug-likeness (QED) is 0.849. The first-order valence-corrected chi connectivity index (χ1v) is 7.09. The SMILES string of the molecule is COC[C@H](c1ccccc1)C(Cc1ccccc1)C(N)=O. The number of carbonyl (C=O) groups excluding carboxylic acids is 1. The van der Waals surface area contributed by atoms with Crippen LogP contribution in [0.25, 0.3) is 0 Å². The molecule has 21 heavy (non-hydrogen) atoms. The van der Waals surface area contributed by atoms with Gasteiger partial charge < -0.3 is 10.5 Å². The van der Waals surface area contributed by atoms with Crippen LogP contribution < -0.4 is 5.73 Å². The van der Waals surface area contributed by atoms with Crippen molar-refractivity contribution in [2.24, 2.45) is 11.7 Å². The Bertz CT molecular complexity index is 554. The lowest BCUT2D eigenvalue weighted by atomic mass is 9.82. The summed E-state index contributed by atoms with van der Waals surface area (Å²) in [6.07, 6.45) is 0.624. The van der Waals surface area contributed by atoms with E-state index in [0.29, 0.717) is 13.0 Å². The summed E-state index contributed by atoms with van der Waals surface area (Å²) in [6, 6.07) is 19.9. The smallest absolute Gasteiger partial charge is 0.221 e. The number of methoxy groups -OCH3 is 1. The molecule has 2 N–H and O–H groups in total. The molecule has 0 spiro atoms. The molecule has 1 unspecified atom stereocenters. The van der Waals surface area contributed by atoms with Gasteiger partial charge in [0.2, 0.25) is 5.91 Å². The van der Waals surface area contributed by atoms with E-state index in [2.05, 4.69) is 0 Å². The van der Waals surface area contributed by atoms with Crippen molar-refractivity contribution in [3.05, 3.63) is 71.8 Å². The summed E-state index contributed by atoms with van der Waals surface area (Å²) in [7, 11) is 1.65. The zero-order valence-electron chi connectivity index (χ0n) is 12.2. The topological polar surface area (TPSA) is 52.3 Å².